The summed E-state index contributed by atoms with van der Waals surface area (Å²) in [4.78, 5) is 4.10. The van der Waals surface area contributed by atoms with Crippen LogP contribution >= 0.6 is 0 Å². The van der Waals surface area contributed by atoms with E-state index in [2.05, 4.69) is 4.98 Å². The third kappa shape index (κ3) is 1.83. The number of nitrogens with zero attached hydrogens (tertiary/aromatic N) is 2. The Morgan fingerprint density at radius 1 is 1.58 bits per heavy atom. The lowest BCUT2D eigenvalue weighted by atomic mass is 10.2. The summed E-state index contributed by atoms with van der Waals surface area (Å²) in [6, 6.07) is 5.48. The Morgan fingerprint density at radius 2 is 2.33 bits per heavy atom. The standard InChI is InChI=1S/C8H8N2OSi/c1-6-7(5-9)3-4-8(10-6)11-12-2/h3-4H,1-2H3. The highest BCUT2D eigenvalue weighted by molar-refractivity contribution is 6.25. The van der Waals surface area contributed by atoms with E-state index in [-0.39, 0.29) is 0 Å². The maximum absolute atomic E-state index is 8.61. The monoisotopic (exact) mass is 176 g/mol. The molecule has 0 saturated carbocycles. The first-order valence-corrected chi connectivity index (χ1v) is 4.90. The SMILES string of the molecule is C[Si]Oc1ccc(C#N)c(C)n1. The number of hydrogen-bond donors (Lipinski definition) is 0. The molecule has 60 valence electrons. The second kappa shape index (κ2) is 3.88. The fourth-order valence-corrected chi connectivity index (χ4v) is 1.14. The van der Waals surface area contributed by atoms with Gasteiger partial charge >= 0.3 is 9.76 Å². The van der Waals surface area contributed by atoms with Crippen LogP contribution in [0.5, 0.6) is 5.88 Å². The van der Waals surface area contributed by atoms with Gasteiger partial charge in [0.2, 0.25) is 0 Å². The van der Waals surface area contributed by atoms with Gasteiger partial charge in [-0.15, -0.1) is 0 Å². The van der Waals surface area contributed by atoms with Crippen LogP contribution in [0.15, 0.2) is 12.1 Å². The van der Waals surface area contributed by atoms with Gasteiger partial charge in [-0.1, -0.05) is 0 Å². The van der Waals surface area contributed by atoms with Gasteiger partial charge in [0, 0.05) is 6.07 Å². The number of aryl methyl sites for hydroxylation is 1. The van der Waals surface area contributed by atoms with Crippen LogP contribution < -0.4 is 4.43 Å². The highest BCUT2D eigenvalue weighted by atomic mass is 28.2. The molecule has 0 bridgehead atoms. The van der Waals surface area contributed by atoms with Crippen molar-refractivity contribution in [2.75, 3.05) is 0 Å². The lowest BCUT2D eigenvalue weighted by molar-refractivity contribution is 0.571. The second-order valence-electron chi connectivity index (χ2n) is 2.20. The topological polar surface area (TPSA) is 45.9 Å². The molecule has 3 nitrogen and oxygen atoms in total. The molecule has 0 spiro atoms. The van der Waals surface area contributed by atoms with Gasteiger partial charge in [0.15, 0.2) is 5.88 Å². The van der Waals surface area contributed by atoms with Gasteiger partial charge < -0.3 is 4.43 Å². The summed E-state index contributed by atoms with van der Waals surface area (Å²) in [6.45, 7) is 3.72. The Balaban J connectivity index is 2.96. The third-order valence-electron chi connectivity index (χ3n) is 1.39. The van der Waals surface area contributed by atoms with Gasteiger partial charge in [-0.25, -0.2) is 4.98 Å². The molecule has 2 radical (unpaired) electrons. The number of pyridine rings is 1. The van der Waals surface area contributed by atoms with E-state index in [0.717, 1.165) is 0 Å². The van der Waals surface area contributed by atoms with Gasteiger partial charge in [0.1, 0.15) is 6.07 Å². The van der Waals surface area contributed by atoms with Crippen molar-refractivity contribution in [2.45, 2.75) is 13.5 Å². The first kappa shape index (κ1) is 8.75. The molecule has 1 aromatic rings. The molecule has 0 aliphatic heterocycles. The predicted molar refractivity (Wildman–Crippen MR) is 45.9 cm³/mol. The highest BCUT2D eigenvalue weighted by Gasteiger charge is 2.00. The molecular weight excluding hydrogens is 168 g/mol. The zero-order valence-corrected chi connectivity index (χ0v) is 7.96. The van der Waals surface area contributed by atoms with Gasteiger partial charge in [0.25, 0.3) is 0 Å². The number of aromatic nitrogens is 1. The fraction of sp³-hybridized carbons (Fsp3) is 0.250. The molecule has 0 amide bonds. The van der Waals surface area contributed by atoms with Gasteiger partial charge in [0.05, 0.1) is 11.3 Å². The molecule has 1 rings (SSSR count). The average Bonchev–Trinajstić information content (AvgIpc) is 2.05. The molecule has 4 heteroatoms. The Hall–Kier alpha value is -1.34. The lowest BCUT2D eigenvalue weighted by Crippen LogP contribution is -1.99. The van der Waals surface area contributed by atoms with Crippen LogP contribution in [0.25, 0.3) is 0 Å². The normalized spacial score (nSPS) is 9.08. The first-order valence-electron chi connectivity index (χ1n) is 3.49. The van der Waals surface area contributed by atoms with Crippen LogP contribution in [-0.4, -0.2) is 14.7 Å². The molecule has 0 aromatic carbocycles. The summed E-state index contributed by atoms with van der Waals surface area (Å²) in [5.74, 6) is 0.590. The molecule has 0 N–H and O–H groups in total. The average molecular weight is 176 g/mol. The van der Waals surface area contributed by atoms with E-state index in [9.17, 15) is 0 Å². The van der Waals surface area contributed by atoms with Gasteiger partial charge in [-0.2, -0.15) is 5.26 Å². The van der Waals surface area contributed by atoms with Crippen molar-refractivity contribution in [2.24, 2.45) is 0 Å². The Kier molecular flexibility index (Phi) is 2.83. The molecule has 12 heavy (non-hydrogen) atoms. The molecule has 0 aliphatic rings. The summed E-state index contributed by atoms with van der Waals surface area (Å²) >= 11 is 0. The third-order valence-corrected chi connectivity index (χ3v) is 1.80. The number of hydrogen-bond acceptors (Lipinski definition) is 3. The van der Waals surface area contributed by atoms with Crippen LogP contribution in [0.2, 0.25) is 6.55 Å². The maximum Gasteiger partial charge on any atom is 0.309 e. The fourth-order valence-electron chi connectivity index (χ4n) is 0.818. The Labute approximate surface area is 73.9 Å². The minimum atomic E-state index is 0.384. The summed E-state index contributed by atoms with van der Waals surface area (Å²) in [5, 5.41) is 8.61. The van der Waals surface area contributed by atoms with Gasteiger partial charge in [-0.3, -0.25) is 0 Å². The largest absolute Gasteiger partial charge is 0.528 e. The van der Waals surface area contributed by atoms with Crippen LogP contribution in [0.1, 0.15) is 11.3 Å². The molecule has 1 aromatic heterocycles. The molecule has 0 unspecified atom stereocenters. The van der Waals surface area contributed by atoms with Crippen LogP contribution in [-0.2, 0) is 0 Å². The van der Waals surface area contributed by atoms with E-state index in [1.54, 1.807) is 19.1 Å². The van der Waals surface area contributed by atoms with Crippen molar-refractivity contribution >= 4 is 9.76 Å². The van der Waals surface area contributed by atoms with E-state index in [1.165, 1.54) is 0 Å². The first-order chi connectivity index (χ1) is 5.77. The maximum atomic E-state index is 8.61. The summed E-state index contributed by atoms with van der Waals surface area (Å²) in [6.07, 6.45) is 0. The molecule has 0 fully saturated rings. The molecule has 0 atom stereocenters. The van der Waals surface area contributed by atoms with E-state index >= 15 is 0 Å². The smallest absolute Gasteiger partial charge is 0.309 e. The zero-order valence-electron chi connectivity index (χ0n) is 6.96. The van der Waals surface area contributed by atoms with Crippen LogP contribution in [0.3, 0.4) is 0 Å². The van der Waals surface area contributed by atoms with Crippen LogP contribution in [0.4, 0.5) is 0 Å². The van der Waals surface area contributed by atoms with E-state index in [1.807, 2.05) is 12.6 Å². The Morgan fingerprint density at radius 3 is 2.83 bits per heavy atom. The van der Waals surface area contributed by atoms with E-state index in [0.29, 0.717) is 26.9 Å². The van der Waals surface area contributed by atoms with Gasteiger partial charge in [-0.05, 0) is 19.5 Å². The minimum absolute atomic E-state index is 0.384. The molecular formula is C8H8N2OSi. The second-order valence-corrected chi connectivity index (χ2v) is 2.81. The van der Waals surface area contributed by atoms with Crippen molar-refractivity contribution in [1.82, 2.24) is 4.98 Å². The Bertz CT molecular complexity index is 319. The van der Waals surface area contributed by atoms with Crippen molar-refractivity contribution in [3.8, 4) is 11.9 Å². The molecule has 0 aliphatic carbocycles. The predicted octanol–water partition coefficient (Wildman–Crippen LogP) is 1.31. The lowest BCUT2D eigenvalue weighted by Gasteiger charge is -2.02. The van der Waals surface area contributed by atoms with Crippen LogP contribution in [0, 0.1) is 18.3 Å². The minimum Gasteiger partial charge on any atom is -0.528 e. The zero-order chi connectivity index (χ0) is 8.97. The summed E-state index contributed by atoms with van der Waals surface area (Å²) in [7, 11) is 0.384. The molecule has 1 heterocycles. The number of nitriles is 1. The van der Waals surface area contributed by atoms with Crippen molar-refractivity contribution < 1.29 is 4.43 Å². The number of rotatable bonds is 2. The van der Waals surface area contributed by atoms with Crippen molar-refractivity contribution in [1.29, 1.82) is 5.26 Å². The summed E-state index contributed by atoms with van der Waals surface area (Å²) in [5.41, 5.74) is 1.31. The highest BCUT2D eigenvalue weighted by Crippen LogP contribution is 2.10. The molecule has 0 saturated heterocycles. The quantitative estimate of drug-likeness (QED) is 0.638. The van der Waals surface area contributed by atoms with Crippen molar-refractivity contribution in [3.05, 3.63) is 23.4 Å². The summed E-state index contributed by atoms with van der Waals surface area (Å²) < 4.78 is 5.19. The van der Waals surface area contributed by atoms with E-state index in [4.69, 9.17) is 9.69 Å². The van der Waals surface area contributed by atoms with Crippen molar-refractivity contribution in [3.63, 3.8) is 0 Å². The van der Waals surface area contributed by atoms with E-state index < -0.39 is 0 Å².